The first-order chi connectivity index (χ1) is 6.88. The van der Waals surface area contributed by atoms with Gasteiger partial charge in [-0.05, 0) is 20.3 Å². The summed E-state index contributed by atoms with van der Waals surface area (Å²) < 4.78 is 17.9. The fourth-order valence-electron chi connectivity index (χ4n) is 0.838. The first-order valence-electron chi connectivity index (χ1n) is 4.58. The lowest BCUT2D eigenvalue weighted by Crippen LogP contribution is -2.33. The van der Waals surface area contributed by atoms with E-state index in [1.54, 1.807) is 0 Å². The van der Waals surface area contributed by atoms with E-state index in [0.29, 0.717) is 13.0 Å². The summed E-state index contributed by atoms with van der Waals surface area (Å²) in [5, 5.41) is 0. The largest absolute Gasteiger partial charge is 0.463 e. The summed E-state index contributed by atoms with van der Waals surface area (Å²) in [4.78, 5) is 7.25. The maximum atomic E-state index is 12.7. The molecule has 4 N–H and O–H groups in total. The van der Waals surface area contributed by atoms with Crippen molar-refractivity contribution in [1.29, 1.82) is 0 Å². The summed E-state index contributed by atoms with van der Waals surface area (Å²) in [6.45, 7) is 4.14. The van der Waals surface area contributed by atoms with Crippen molar-refractivity contribution in [3.05, 3.63) is 12.0 Å². The highest BCUT2D eigenvalue weighted by molar-refractivity contribution is 5.28. The smallest absolute Gasteiger partial charge is 0.318 e. The second kappa shape index (κ2) is 4.39. The Balaban J connectivity index is 2.48. The lowest BCUT2D eigenvalue weighted by Gasteiger charge is -2.17. The standard InChI is InChI=1S/C9H15FN4O/c1-9(2,12)3-4-15-8-13-5-6(10)7(11)14-8/h5H,3-4,12H2,1-2H3,(H2,11,13,14). The predicted octanol–water partition coefficient (Wildman–Crippen LogP) is 0.704. The Hall–Kier alpha value is -1.43. The van der Waals surface area contributed by atoms with Gasteiger partial charge in [-0.15, -0.1) is 0 Å². The molecule has 0 saturated carbocycles. The van der Waals surface area contributed by atoms with E-state index in [0.717, 1.165) is 6.20 Å². The Morgan fingerprint density at radius 1 is 1.53 bits per heavy atom. The van der Waals surface area contributed by atoms with Gasteiger partial charge in [-0.2, -0.15) is 4.98 Å². The van der Waals surface area contributed by atoms with Gasteiger partial charge in [0.15, 0.2) is 11.6 Å². The van der Waals surface area contributed by atoms with Gasteiger partial charge in [0.1, 0.15) is 0 Å². The molecule has 0 amide bonds. The van der Waals surface area contributed by atoms with Crippen molar-refractivity contribution in [2.45, 2.75) is 25.8 Å². The van der Waals surface area contributed by atoms with Gasteiger partial charge in [-0.25, -0.2) is 9.37 Å². The molecule has 1 aromatic heterocycles. The van der Waals surface area contributed by atoms with Crippen molar-refractivity contribution < 1.29 is 9.13 Å². The Bertz CT molecular complexity index is 337. The molecule has 0 bridgehead atoms. The molecule has 5 nitrogen and oxygen atoms in total. The van der Waals surface area contributed by atoms with Crippen LogP contribution in [0.1, 0.15) is 20.3 Å². The van der Waals surface area contributed by atoms with Crippen molar-refractivity contribution in [2.24, 2.45) is 5.73 Å². The molecule has 0 radical (unpaired) electrons. The van der Waals surface area contributed by atoms with E-state index < -0.39 is 5.82 Å². The van der Waals surface area contributed by atoms with Gasteiger partial charge in [-0.1, -0.05) is 0 Å². The van der Waals surface area contributed by atoms with Gasteiger partial charge < -0.3 is 16.2 Å². The number of rotatable bonds is 4. The van der Waals surface area contributed by atoms with Crippen molar-refractivity contribution >= 4 is 5.82 Å². The molecule has 0 aliphatic heterocycles. The highest BCUT2D eigenvalue weighted by atomic mass is 19.1. The highest BCUT2D eigenvalue weighted by Gasteiger charge is 2.11. The maximum Gasteiger partial charge on any atom is 0.318 e. The summed E-state index contributed by atoms with van der Waals surface area (Å²) in [6, 6.07) is 0.0677. The molecule has 0 aromatic carbocycles. The third-order valence-electron chi connectivity index (χ3n) is 1.73. The first-order valence-corrected chi connectivity index (χ1v) is 4.58. The van der Waals surface area contributed by atoms with Crippen LogP contribution in [0.4, 0.5) is 10.2 Å². The Morgan fingerprint density at radius 3 is 2.73 bits per heavy atom. The number of halogens is 1. The van der Waals surface area contributed by atoms with E-state index in [2.05, 4.69) is 9.97 Å². The molecule has 0 fully saturated rings. The number of hydrogen-bond acceptors (Lipinski definition) is 5. The van der Waals surface area contributed by atoms with Gasteiger partial charge in [0.25, 0.3) is 0 Å². The molecule has 84 valence electrons. The van der Waals surface area contributed by atoms with E-state index in [1.165, 1.54) is 0 Å². The minimum atomic E-state index is -0.651. The molecule has 0 aliphatic carbocycles. The molecular formula is C9H15FN4O. The predicted molar refractivity (Wildman–Crippen MR) is 54.8 cm³/mol. The third-order valence-corrected chi connectivity index (χ3v) is 1.73. The second-order valence-electron chi connectivity index (χ2n) is 3.97. The fraction of sp³-hybridized carbons (Fsp3) is 0.556. The summed E-state index contributed by atoms with van der Waals surface area (Å²) in [6.07, 6.45) is 1.62. The molecular weight excluding hydrogens is 199 g/mol. The first kappa shape index (κ1) is 11.6. The molecule has 0 aliphatic rings. The van der Waals surface area contributed by atoms with Crippen molar-refractivity contribution in [1.82, 2.24) is 9.97 Å². The quantitative estimate of drug-likeness (QED) is 0.770. The number of nitrogens with zero attached hydrogens (tertiary/aromatic N) is 2. The van der Waals surface area contributed by atoms with E-state index in [4.69, 9.17) is 16.2 Å². The van der Waals surface area contributed by atoms with Gasteiger partial charge in [-0.3, -0.25) is 0 Å². The number of hydrogen-bond donors (Lipinski definition) is 2. The zero-order chi connectivity index (χ0) is 11.5. The van der Waals surface area contributed by atoms with Crippen molar-refractivity contribution in [2.75, 3.05) is 12.3 Å². The third kappa shape index (κ3) is 4.07. The fourth-order valence-corrected chi connectivity index (χ4v) is 0.838. The number of nitrogens with two attached hydrogens (primary N) is 2. The van der Waals surface area contributed by atoms with Gasteiger partial charge >= 0.3 is 6.01 Å². The summed E-state index contributed by atoms with van der Waals surface area (Å²) in [5.74, 6) is -0.867. The van der Waals surface area contributed by atoms with E-state index in [1.807, 2.05) is 13.8 Å². The average Bonchev–Trinajstić information content (AvgIpc) is 2.09. The van der Waals surface area contributed by atoms with Crippen LogP contribution in [0.5, 0.6) is 6.01 Å². The van der Waals surface area contributed by atoms with Crippen LogP contribution < -0.4 is 16.2 Å². The van der Waals surface area contributed by atoms with Crippen molar-refractivity contribution in [3.63, 3.8) is 0 Å². The molecule has 15 heavy (non-hydrogen) atoms. The molecule has 0 spiro atoms. The second-order valence-corrected chi connectivity index (χ2v) is 3.97. The molecule has 0 saturated heterocycles. The molecule has 0 unspecified atom stereocenters. The monoisotopic (exact) mass is 214 g/mol. The van der Waals surface area contributed by atoms with Crippen LogP contribution in [-0.4, -0.2) is 22.1 Å². The lowest BCUT2D eigenvalue weighted by molar-refractivity contribution is 0.255. The topological polar surface area (TPSA) is 87.0 Å². The molecule has 1 heterocycles. The normalized spacial score (nSPS) is 11.5. The Kier molecular flexibility index (Phi) is 3.41. The highest BCUT2D eigenvalue weighted by Crippen LogP contribution is 2.10. The van der Waals surface area contributed by atoms with Crippen molar-refractivity contribution in [3.8, 4) is 6.01 Å². The lowest BCUT2D eigenvalue weighted by atomic mass is 10.0. The van der Waals surface area contributed by atoms with Crippen LogP contribution in [0.15, 0.2) is 6.20 Å². The van der Waals surface area contributed by atoms with Crippen LogP contribution in [0.3, 0.4) is 0 Å². The molecule has 0 atom stereocenters. The summed E-state index contributed by atoms with van der Waals surface area (Å²) in [7, 11) is 0. The minimum absolute atomic E-state index is 0.0677. The maximum absolute atomic E-state index is 12.7. The number of aromatic nitrogens is 2. The Morgan fingerprint density at radius 2 is 2.20 bits per heavy atom. The Labute approximate surface area is 87.7 Å². The minimum Gasteiger partial charge on any atom is -0.463 e. The zero-order valence-electron chi connectivity index (χ0n) is 8.83. The average molecular weight is 214 g/mol. The van der Waals surface area contributed by atoms with E-state index in [-0.39, 0.29) is 17.4 Å². The van der Waals surface area contributed by atoms with Gasteiger partial charge in [0, 0.05) is 5.54 Å². The SMILES string of the molecule is CC(C)(N)CCOc1ncc(F)c(N)n1. The number of ether oxygens (including phenoxy) is 1. The number of nitrogen functional groups attached to an aromatic ring is 1. The van der Waals surface area contributed by atoms with E-state index >= 15 is 0 Å². The van der Waals surface area contributed by atoms with Gasteiger partial charge in [0.05, 0.1) is 12.8 Å². The van der Waals surface area contributed by atoms with Gasteiger partial charge in [0.2, 0.25) is 0 Å². The molecule has 1 rings (SSSR count). The molecule has 1 aromatic rings. The van der Waals surface area contributed by atoms with Crippen LogP contribution in [0.2, 0.25) is 0 Å². The summed E-state index contributed by atoms with van der Waals surface area (Å²) >= 11 is 0. The van der Waals surface area contributed by atoms with Crippen LogP contribution >= 0.6 is 0 Å². The van der Waals surface area contributed by atoms with E-state index in [9.17, 15) is 4.39 Å². The van der Waals surface area contributed by atoms with Crippen LogP contribution in [0, 0.1) is 5.82 Å². The summed E-state index contributed by atoms with van der Waals surface area (Å²) in [5.41, 5.74) is 10.7. The zero-order valence-corrected chi connectivity index (χ0v) is 8.83. The van der Waals surface area contributed by atoms with Crippen LogP contribution in [-0.2, 0) is 0 Å². The number of anilines is 1. The van der Waals surface area contributed by atoms with Crippen LogP contribution in [0.25, 0.3) is 0 Å². The molecule has 6 heteroatoms.